The zero-order chi connectivity index (χ0) is 29.5. The Morgan fingerprint density at radius 1 is 1.10 bits per heavy atom. The molecule has 210 valence electrons. The molecule has 3 heterocycles. The number of rotatable bonds is 8. The van der Waals surface area contributed by atoms with Gasteiger partial charge in [-0.1, -0.05) is 54.6 Å². The molecule has 3 aromatic carbocycles. The van der Waals surface area contributed by atoms with Gasteiger partial charge in [-0.3, -0.25) is 4.55 Å². The maximum absolute atomic E-state index is 11.9. The molecule has 42 heavy (non-hydrogen) atoms. The molecule has 6 rings (SSSR count). The minimum Gasteiger partial charge on any atom is -0.477 e. The van der Waals surface area contributed by atoms with E-state index in [-0.39, 0.29) is 11.0 Å². The molecule has 0 bridgehead atoms. The lowest BCUT2D eigenvalue weighted by Crippen LogP contribution is -2.38. The number of quaternary nitrogens is 1. The summed E-state index contributed by atoms with van der Waals surface area (Å²) < 4.78 is 40.4. The lowest BCUT2D eigenvalue weighted by atomic mass is 10.1. The van der Waals surface area contributed by atoms with Crippen molar-refractivity contribution in [2.24, 2.45) is 0 Å². The number of benzene rings is 3. The first-order chi connectivity index (χ1) is 20.2. The fourth-order valence-electron chi connectivity index (χ4n) is 5.28. The Labute approximate surface area is 246 Å². The Kier molecular flexibility index (Phi) is 7.08. The van der Waals surface area contributed by atoms with Crippen molar-refractivity contribution >= 4 is 50.7 Å². The molecule has 1 saturated heterocycles. The number of thioether (sulfide) groups is 1. The number of carbonyl (C=O) groups is 1. The molecular formula is C31H25N3O6S2+2. The molecular weight excluding hydrogens is 574 g/mol. The van der Waals surface area contributed by atoms with Crippen molar-refractivity contribution in [2.75, 3.05) is 12.3 Å². The van der Waals surface area contributed by atoms with Crippen LogP contribution in [0.3, 0.4) is 0 Å². The van der Waals surface area contributed by atoms with Crippen LogP contribution in [0.25, 0.3) is 28.3 Å². The highest BCUT2D eigenvalue weighted by Crippen LogP contribution is 2.59. The molecule has 2 aliphatic rings. The van der Waals surface area contributed by atoms with E-state index in [4.69, 9.17) is 4.42 Å². The topological polar surface area (TPSA) is 132 Å². The first-order valence-electron chi connectivity index (χ1n) is 13.1. The Morgan fingerprint density at radius 2 is 1.90 bits per heavy atom. The Hall–Kier alpha value is -4.47. The van der Waals surface area contributed by atoms with Crippen LogP contribution in [0, 0.1) is 11.3 Å². The monoisotopic (exact) mass is 599 g/mol. The molecule has 2 N–H and O–H groups in total. The first-order valence-corrected chi connectivity index (χ1v) is 15.5. The van der Waals surface area contributed by atoms with E-state index < -0.39 is 27.9 Å². The van der Waals surface area contributed by atoms with Crippen LogP contribution >= 0.6 is 11.8 Å². The molecule has 1 fully saturated rings. The first kappa shape index (κ1) is 27.7. The number of fused-ring (bicyclic) bond motifs is 3. The van der Waals surface area contributed by atoms with Crippen molar-refractivity contribution in [3.63, 3.8) is 0 Å². The third kappa shape index (κ3) is 5.17. The largest absolute Gasteiger partial charge is 0.477 e. The van der Waals surface area contributed by atoms with Crippen LogP contribution < -0.4 is 9.05 Å². The van der Waals surface area contributed by atoms with E-state index in [1.54, 1.807) is 34.9 Å². The Morgan fingerprint density at radius 3 is 2.62 bits per heavy atom. The standard InChI is InChI=1S/C31H23N3O6S2/c32-19-21-11-14-28-25(17-21)34(20-26(34)31(35)36)30(41-28)10-6-2-5-9-29-33(15-16-42(37,38)39)24-18-23(12-13-27(24)40-29)22-7-3-1-4-8-22/h1-14,17-18,26H,15-16,20H2/p+2. The summed E-state index contributed by atoms with van der Waals surface area (Å²) in [5.74, 6) is -0.945. The minimum absolute atomic E-state index is 0.00627. The van der Waals surface area contributed by atoms with Gasteiger partial charge in [0.25, 0.3) is 15.6 Å². The van der Waals surface area contributed by atoms with Crippen molar-refractivity contribution in [3.05, 3.63) is 108 Å². The summed E-state index contributed by atoms with van der Waals surface area (Å²) in [5, 5.41) is 19.9. The second kappa shape index (κ2) is 10.7. The Bertz CT molecular complexity index is 1970. The molecule has 0 amide bonds. The number of hydrogen-bond donors (Lipinski definition) is 2. The third-order valence-corrected chi connectivity index (χ3v) is 9.31. The molecule has 0 radical (unpaired) electrons. The van der Waals surface area contributed by atoms with Crippen molar-refractivity contribution in [1.82, 2.24) is 4.48 Å². The average molecular weight is 600 g/mol. The summed E-state index contributed by atoms with van der Waals surface area (Å²) in [7, 11) is -4.20. The lowest BCUT2D eigenvalue weighted by molar-refractivity contribution is -0.673. The van der Waals surface area contributed by atoms with Crippen molar-refractivity contribution in [2.45, 2.75) is 17.5 Å². The van der Waals surface area contributed by atoms with Crippen LogP contribution in [0.2, 0.25) is 0 Å². The summed E-state index contributed by atoms with van der Waals surface area (Å²) in [5.41, 5.74) is 4.53. The predicted molar refractivity (Wildman–Crippen MR) is 160 cm³/mol. The van der Waals surface area contributed by atoms with Gasteiger partial charge < -0.3 is 9.52 Å². The maximum atomic E-state index is 11.9. The average Bonchev–Trinajstić information content (AvgIpc) is 3.54. The number of aliphatic carboxylic acids is 1. The van der Waals surface area contributed by atoms with E-state index in [0.717, 1.165) is 26.7 Å². The second-order valence-electron chi connectivity index (χ2n) is 9.98. The van der Waals surface area contributed by atoms with Gasteiger partial charge in [-0.2, -0.15) is 18.2 Å². The summed E-state index contributed by atoms with van der Waals surface area (Å²) in [6.45, 7) is 0.422. The van der Waals surface area contributed by atoms with E-state index in [9.17, 15) is 28.1 Å². The van der Waals surface area contributed by atoms with E-state index in [0.29, 0.717) is 29.1 Å². The minimum atomic E-state index is -4.20. The molecule has 1 aromatic heterocycles. The van der Waals surface area contributed by atoms with Gasteiger partial charge in [0.1, 0.15) is 5.75 Å². The highest BCUT2D eigenvalue weighted by Gasteiger charge is 2.68. The molecule has 2 atom stereocenters. The summed E-state index contributed by atoms with van der Waals surface area (Å²) in [6, 6.07) is 22.4. The van der Waals surface area contributed by atoms with Gasteiger partial charge in [-0.05, 0) is 41.1 Å². The molecule has 0 aliphatic carbocycles. The van der Waals surface area contributed by atoms with Gasteiger partial charge in [-0.25, -0.2) is 9.28 Å². The molecule has 9 nitrogen and oxygen atoms in total. The maximum Gasteiger partial charge on any atom is 0.374 e. The number of carboxylic acids is 1. The third-order valence-electron chi connectivity index (χ3n) is 7.38. The van der Waals surface area contributed by atoms with Gasteiger partial charge in [0.05, 0.1) is 22.6 Å². The molecule has 2 unspecified atom stereocenters. The number of aromatic nitrogens is 1. The number of oxazole rings is 1. The van der Waals surface area contributed by atoms with E-state index >= 15 is 0 Å². The van der Waals surface area contributed by atoms with Crippen LogP contribution in [0.4, 0.5) is 5.69 Å². The molecule has 1 spiro atoms. The van der Waals surface area contributed by atoms with Crippen molar-refractivity contribution in [1.29, 1.82) is 5.26 Å². The fourth-order valence-corrected chi connectivity index (χ4v) is 6.99. The SMILES string of the molecule is N#Cc1ccc2c(c1)[N+]1(CC1C(=O)O)C(=CC=CC=Cc1oc3ccc(-c4ccccc4)cc3[n+]1CCS(=O)(=O)O)S2. The van der Waals surface area contributed by atoms with Crippen LogP contribution in [0.15, 0.2) is 105 Å². The molecule has 0 saturated carbocycles. The van der Waals surface area contributed by atoms with Crippen LogP contribution in [0.5, 0.6) is 0 Å². The quantitative estimate of drug-likeness (QED) is 0.0936. The van der Waals surface area contributed by atoms with Gasteiger partial charge >= 0.3 is 11.9 Å². The number of nitrogens with zero attached hydrogens (tertiary/aromatic N) is 3. The highest BCUT2D eigenvalue weighted by atomic mass is 32.2. The Balaban J connectivity index is 1.29. The smallest absolute Gasteiger partial charge is 0.374 e. The van der Waals surface area contributed by atoms with Gasteiger partial charge in [0.15, 0.2) is 23.8 Å². The number of hydrogen-bond acceptors (Lipinski definition) is 6. The summed E-state index contributed by atoms with van der Waals surface area (Å²) in [6.07, 6.45) is 8.92. The van der Waals surface area contributed by atoms with E-state index in [2.05, 4.69) is 6.07 Å². The van der Waals surface area contributed by atoms with E-state index in [1.165, 1.54) is 11.8 Å². The highest BCUT2D eigenvalue weighted by molar-refractivity contribution is 8.03. The van der Waals surface area contributed by atoms with Gasteiger partial charge in [-0.15, -0.1) is 0 Å². The van der Waals surface area contributed by atoms with Crippen molar-refractivity contribution in [3.8, 4) is 17.2 Å². The number of allylic oxidation sites excluding steroid dienone is 4. The number of aryl methyl sites for hydroxylation is 1. The second-order valence-corrected chi connectivity index (χ2v) is 12.6. The van der Waals surface area contributed by atoms with E-state index in [1.807, 2.05) is 66.7 Å². The molecule has 11 heteroatoms. The zero-order valence-electron chi connectivity index (χ0n) is 22.1. The number of carboxylic acid groups (broad SMARTS) is 1. The lowest BCUT2D eigenvalue weighted by Gasteiger charge is -2.13. The van der Waals surface area contributed by atoms with Crippen LogP contribution in [-0.4, -0.2) is 42.4 Å². The van der Waals surface area contributed by atoms with Crippen molar-refractivity contribution < 1.29 is 31.9 Å². The molecule has 2 aliphatic heterocycles. The van der Waals surface area contributed by atoms with Gasteiger partial charge in [0.2, 0.25) is 11.6 Å². The normalized spacial score (nSPS) is 20.6. The van der Waals surface area contributed by atoms with Gasteiger partial charge in [0, 0.05) is 18.2 Å². The fraction of sp³-hybridized carbons (Fsp3) is 0.129. The van der Waals surface area contributed by atoms with Crippen LogP contribution in [0.1, 0.15) is 11.5 Å². The summed E-state index contributed by atoms with van der Waals surface area (Å²) in [4.78, 5) is 12.8. The predicted octanol–water partition coefficient (Wildman–Crippen LogP) is 5.14. The zero-order valence-corrected chi connectivity index (χ0v) is 23.8. The number of nitriles is 1. The van der Waals surface area contributed by atoms with Crippen LogP contribution in [-0.2, 0) is 21.5 Å². The molecule has 4 aromatic rings. The summed E-state index contributed by atoms with van der Waals surface area (Å²) >= 11 is 1.50.